The first kappa shape index (κ1) is 12.5. The molecule has 0 spiro atoms. The summed E-state index contributed by atoms with van der Waals surface area (Å²) < 4.78 is 49.8. The van der Waals surface area contributed by atoms with E-state index in [1.54, 1.807) is 0 Å². The Morgan fingerprint density at radius 1 is 1.19 bits per heavy atom. The van der Waals surface area contributed by atoms with Gasteiger partial charge in [0.2, 0.25) is 0 Å². The zero-order chi connectivity index (χ0) is 12.2. The molecule has 1 aromatic carbocycles. The molecule has 0 radical (unpaired) electrons. The fraction of sp³-hybridized carbons (Fsp3) is 0.273. The van der Waals surface area contributed by atoms with Gasteiger partial charge in [-0.3, -0.25) is 0 Å². The van der Waals surface area contributed by atoms with Gasteiger partial charge in [0, 0.05) is 18.5 Å². The first-order valence-corrected chi connectivity index (χ1v) is 4.50. The summed E-state index contributed by atoms with van der Waals surface area (Å²) in [5.41, 5.74) is 4.13. The van der Waals surface area contributed by atoms with E-state index in [4.69, 9.17) is 5.73 Å². The van der Waals surface area contributed by atoms with E-state index in [-0.39, 0.29) is 5.56 Å². The summed E-state index contributed by atoms with van der Waals surface area (Å²) in [7, 11) is 0. The molecule has 1 nitrogen and oxygen atoms in total. The molecular weight excluding hydrogens is 222 g/mol. The minimum absolute atomic E-state index is 0.000718. The van der Waals surface area contributed by atoms with Crippen LogP contribution in [-0.2, 0) is 6.18 Å². The van der Waals surface area contributed by atoms with Crippen molar-refractivity contribution in [2.45, 2.75) is 12.6 Å². The summed E-state index contributed by atoms with van der Waals surface area (Å²) in [6.45, 7) is 0.314. The van der Waals surface area contributed by atoms with Gasteiger partial charge in [-0.2, -0.15) is 13.2 Å². The molecule has 86 valence electrons. The number of halogens is 4. The molecule has 0 saturated heterocycles. The van der Waals surface area contributed by atoms with Crippen LogP contribution in [-0.4, -0.2) is 6.54 Å². The quantitative estimate of drug-likeness (QED) is 0.583. The van der Waals surface area contributed by atoms with E-state index in [0.717, 1.165) is 12.1 Å². The van der Waals surface area contributed by atoms with Gasteiger partial charge >= 0.3 is 6.18 Å². The van der Waals surface area contributed by atoms with Crippen LogP contribution in [0.2, 0.25) is 0 Å². The highest BCUT2D eigenvalue weighted by Crippen LogP contribution is 2.30. The maximum absolute atomic E-state index is 12.9. The minimum Gasteiger partial charge on any atom is -0.330 e. The van der Waals surface area contributed by atoms with Gasteiger partial charge in [-0.05, 0) is 18.2 Å². The van der Waals surface area contributed by atoms with Gasteiger partial charge in [0.05, 0.1) is 5.56 Å². The molecule has 1 rings (SSSR count). The summed E-state index contributed by atoms with van der Waals surface area (Å²) in [6.07, 6.45) is -4.20. The van der Waals surface area contributed by atoms with Crippen molar-refractivity contribution in [1.29, 1.82) is 0 Å². The molecule has 2 N–H and O–H groups in total. The SMILES string of the molecule is NCCC#Cc1cc(F)cc(C(F)(F)F)c1. The summed E-state index contributed by atoms with van der Waals surface area (Å²) in [5, 5.41) is 0. The van der Waals surface area contributed by atoms with Crippen LogP contribution in [0.5, 0.6) is 0 Å². The van der Waals surface area contributed by atoms with Gasteiger partial charge in [-0.1, -0.05) is 11.8 Å². The monoisotopic (exact) mass is 231 g/mol. The van der Waals surface area contributed by atoms with Crippen molar-refractivity contribution in [3.8, 4) is 11.8 Å². The Balaban J connectivity index is 3.05. The molecular formula is C11H9F4N. The molecule has 0 aliphatic carbocycles. The molecule has 0 atom stereocenters. The van der Waals surface area contributed by atoms with Gasteiger partial charge in [0.1, 0.15) is 5.82 Å². The molecule has 16 heavy (non-hydrogen) atoms. The number of nitrogens with two attached hydrogens (primary N) is 1. The van der Waals surface area contributed by atoms with Crippen LogP contribution in [0.25, 0.3) is 0 Å². The highest BCUT2D eigenvalue weighted by molar-refractivity contribution is 5.38. The highest BCUT2D eigenvalue weighted by atomic mass is 19.4. The van der Waals surface area contributed by atoms with Crippen LogP contribution in [0.4, 0.5) is 17.6 Å². The van der Waals surface area contributed by atoms with Gasteiger partial charge in [0.15, 0.2) is 0 Å². The number of benzene rings is 1. The molecule has 1 aromatic rings. The molecule has 0 aliphatic rings. The second kappa shape index (κ2) is 4.99. The number of hydrogen-bond donors (Lipinski definition) is 1. The lowest BCUT2D eigenvalue weighted by Crippen LogP contribution is -2.05. The predicted molar refractivity (Wildman–Crippen MR) is 52.0 cm³/mol. The second-order valence-electron chi connectivity index (χ2n) is 3.07. The van der Waals surface area contributed by atoms with Crippen LogP contribution in [0.15, 0.2) is 18.2 Å². The Hall–Kier alpha value is -1.54. The lowest BCUT2D eigenvalue weighted by molar-refractivity contribution is -0.137. The van der Waals surface area contributed by atoms with Crippen LogP contribution in [0.1, 0.15) is 17.5 Å². The lowest BCUT2D eigenvalue weighted by atomic mass is 10.1. The Kier molecular flexibility index (Phi) is 3.91. The summed E-state index contributed by atoms with van der Waals surface area (Å²) in [6, 6.07) is 2.21. The van der Waals surface area contributed by atoms with Crippen molar-refractivity contribution < 1.29 is 17.6 Å². The molecule has 0 bridgehead atoms. The number of rotatable bonds is 1. The largest absolute Gasteiger partial charge is 0.416 e. The van der Waals surface area contributed by atoms with E-state index in [1.165, 1.54) is 0 Å². The summed E-state index contributed by atoms with van der Waals surface area (Å²) in [4.78, 5) is 0. The van der Waals surface area contributed by atoms with Crippen molar-refractivity contribution in [3.05, 3.63) is 35.1 Å². The maximum Gasteiger partial charge on any atom is 0.416 e. The van der Waals surface area contributed by atoms with Crippen molar-refractivity contribution in [3.63, 3.8) is 0 Å². The fourth-order valence-corrected chi connectivity index (χ4v) is 1.06. The van der Waals surface area contributed by atoms with Crippen LogP contribution in [0, 0.1) is 17.7 Å². The Bertz CT molecular complexity index is 426. The summed E-state index contributed by atoms with van der Waals surface area (Å²) in [5.74, 6) is 4.03. The first-order chi connectivity index (χ1) is 7.43. The van der Waals surface area contributed by atoms with Gasteiger partial charge < -0.3 is 5.73 Å². The van der Waals surface area contributed by atoms with Crippen molar-refractivity contribution in [2.75, 3.05) is 6.54 Å². The van der Waals surface area contributed by atoms with E-state index in [0.29, 0.717) is 19.0 Å². The second-order valence-corrected chi connectivity index (χ2v) is 3.07. The molecule has 0 aromatic heterocycles. The third-order valence-electron chi connectivity index (χ3n) is 1.73. The van der Waals surface area contributed by atoms with E-state index >= 15 is 0 Å². The molecule has 0 fully saturated rings. The smallest absolute Gasteiger partial charge is 0.330 e. The normalized spacial score (nSPS) is 10.8. The van der Waals surface area contributed by atoms with E-state index in [9.17, 15) is 17.6 Å². The Morgan fingerprint density at radius 2 is 1.88 bits per heavy atom. The average molecular weight is 231 g/mol. The standard InChI is InChI=1S/C11H9F4N/c12-10-6-8(3-1-2-4-16)5-9(7-10)11(13,14)15/h5-7H,2,4,16H2. The van der Waals surface area contributed by atoms with Crippen LogP contribution in [0.3, 0.4) is 0 Å². The molecule has 0 heterocycles. The average Bonchev–Trinajstić information content (AvgIpc) is 2.16. The molecule has 5 heteroatoms. The summed E-state index contributed by atoms with van der Waals surface area (Å²) >= 11 is 0. The van der Waals surface area contributed by atoms with E-state index < -0.39 is 17.6 Å². The van der Waals surface area contributed by atoms with Gasteiger partial charge in [0.25, 0.3) is 0 Å². The van der Waals surface area contributed by atoms with Gasteiger partial charge in [-0.25, -0.2) is 4.39 Å². The first-order valence-electron chi connectivity index (χ1n) is 4.50. The predicted octanol–water partition coefficient (Wildman–Crippen LogP) is 2.54. The number of alkyl halides is 3. The zero-order valence-corrected chi connectivity index (χ0v) is 8.24. The molecule has 0 saturated carbocycles. The maximum atomic E-state index is 12.9. The van der Waals surface area contributed by atoms with Crippen LogP contribution >= 0.6 is 0 Å². The fourth-order valence-electron chi connectivity index (χ4n) is 1.06. The zero-order valence-electron chi connectivity index (χ0n) is 8.24. The van der Waals surface area contributed by atoms with Crippen molar-refractivity contribution in [2.24, 2.45) is 5.73 Å². The Morgan fingerprint density at radius 3 is 2.44 bits per heavy atom. The molecule has 0 aliphatic heterocycles. The van der Waals surface area contributed by atoms with E-state index in [2.05, 4.69) is 11.8 Å². The van der Waals surface area contributed by atoms with Gasteiger partial charge in [-0.15, -0.1) is 0 Å². The number of hydrogen-bond acceptors (Lipinski definition) is 1. The van der Waals surface area contributed by atoms with E-state index in [1.807, 2.05) is 0 Å². The lowest BCUT2D eigenvalue weighted by Gasteiger charge is -2.06. The highest BCUT2D eigenvalue weighted by Gasteiger charge is 2.31. The topological polar surface area (TPSA) is 26.0 Å². The van der Waals surface area contributed by atoms with Crippen LogP contribution < -0.4 is 5.73 Å². The third kappa shape index (κ3) is 3.55. The Labute approximate surface area is 90.3 Å². The molecule has 0 amide bonds. The molecule has 0 unspecified atom stereocenters. The third-order valence-corrected chi connectivity index (χ3v) is 1.73. The van der Waals surface area contributed by atoms with Crippen molar-refractivity contribution >= 4 is 0 Å². The minimum atomic E-state index is -4.56. The van der Waals surface area contributed by atoms with Crippen molar-refractivity contribution in [1.82, 2.24) is 0 Å².